The Balaban J connectivity index is 1.77. The first-order valence-corrected chi connectivity index (χ1v) is 7.88. The molecule has 0 amide bonds. The fourth-order valence-corrected chi connectivity index (χ4v) is 2.36. The van der Waals surface area contributed by atoms with Gasteiger partial charge in [-0.05, 0) is 31.3 Å². The van der Waals surface area contributed by atoms with E-state index >= 15 is 0 Å². The Kier molecular flexibility index (Phi) is 6.57. The van der Waals surface area contributed by atoms with E-state index in [9.17, 15) is 10.2 Å². The molecular weight excluding hydrogens is 316 g/mol. The molecule has 0 aromatic heterocycles. The monoisotopic (exact) mass is 338 g/mol. The number of para-hydroxylation sites is 1. The van der Waals surface area contributed by atoms with Crippen molar-refractivity contribution in [2.45, 2.75) is 6.92 Å². The Morgan fingerprint density at radius 2 is 2.09 bits per heavy atom. The number of rotatable bonds is 5. The second kappa shape index (κ2) is 8.66. The number of hydrogen-bond acceptors (Lipinski definition) is 6. The van der Waals surface area contributed by atoms with E-state index in [0.717, 1.165) is 39.4 Å². The van der Waals surface area contributed by atoms with Gasteiger partial charge in [-0.25, -0.2) is 0 Å². The third-order valence-corrected chi connectivity index (χ3v) is 3.78. The van der Waals surface area contributed by atoms with E-state index in [1.807, 2.05) is 0 Å². The number of nitrogens with one attached hydrogen (secondary N) is 2. The van der Waals surface area contributed by atoms with Gasteiger partial charge in [0.1, 0.15) is 0 Å². The first-order valence-electron chi connectivity index (χ1n) is 7.47. The summed E-state index contributed by atoms with van der Waals surface area (Å²) < 4.78 is 5.30. The van der Waals surface area contributed by atoms with E-state index in [-0.39, 0.29) is 11.5 Å². The molecule has 1 aliphatic rings. The van der Waals surface area contributed by atoms with Gasteiger partial charge < -0.3 is 20.3 Å². The van der Waals surface area contributed by atoms with Crippen molar-refractivity contribution in [3.63, 3.8) is 0 Å². The fourth-order valence-electron chi connectivity index (χ4n) is 2.21. The SMILES string of the molecule is CC(=NNC(=S)NCCN1CCOCC1)c1cccc(O)c1O. The molecule has 4 N–H and O–H groups in total. The van der Waals surface area contributed by atoms with E-state index in [0.29, 0.717) is 16.4 Å². The average Bonchev–Trinajstić information content (AvgIpc) is 2.56. The van der Waals surface area contributed by atoms with Crippen molar-refractivity contribution in [3.8, 4) is 11.5 Å². The highest BCUT2D eigenvalue weighted by molar-refractivity contribution is 7.80. The van der Waals surface area contributed by atoms with Crippen LogP contribution in [-0.4, -0.2) is 65.3 Å². The van der Waals surface area contributed by atoms with Crippen molar-refractivity contribution in [1.29, 1.82) is 0 Å². The quantitative estimate of drug-likeness (QED) is 0.271. The molecule has 8 heteroatoms. The summed E-state index contributed by atoms with van der Waals surface area (Å²) in [6, 6.07) is 4.73. The van der Waals surface area contributed by atoms with Gasteiger partial charge in [0.25, 0.3) is 0 Å². The highest BCUT2D eigenvalue weighted by atomic mass is 32.1. The van der Waals surface area contributed by atoms with E-state index in [2.05, 4.69) is 20.7 Å². The summed E-state index contributed by atoms with van der Waals surface area (Å²) in [6.45, 7) is 6.77. The van der Waals surface area contributed by atoms with Gasteiger partial charge in [-0.1, -0.05) is 6.07 Å². The molecule has 0 unspecified atom stereocenters. The van der Waals surface area contributed by atoms with Crippen LogP contribution in [-0.2, 0) is 4.74 Å². The Morgan fingerprint density at radius 1 is 1.35 bits per heavy atom. The molecule has 7 nitrogen and oxygen atoms in total. The van der Waals surface area contributed by atoms with Gasteiger partial charge >= 0.3 is 0 Å². The number of benzene rings is 1. The van der Waals surface area contributed by atoms with Gasteiger partial charge in [0.15, 0.2) is 16.6 Å². The summed E-state index contributed by atoms with van der Waals surface area (Å²) in [5.41, 5.74) is 3.71. The highest BCUT2D eigenvalue weighted by Gasteiger charge is 2.10. The van der Waals surface area contributed by atoms with Crippen molar-refractivity contribution in [3.05, 3.63) is 23.8 Å². The van der Waals surface area contributed by atoms with Crippen molar-refractivity contribution in [2.75, 3.05) is 39.4 Å². The molecule has 2 rings (SSSR count). The number of phenolic OH excluding ortho intramolecular Hbond substituents is 2. The second-order valence-corrected chi connectivity index (χ2v) is 5.60. The Bertz CT molecular complexity index is 574. The first kappa shape index (κ1) is 17.5. The third-order valence-electron chi connectivity index (χ3n) is 3.55. The summed E-state index contributed by atoms with van der Waals surface area (Å²) in [6.07, 6.45) is 0. The standard InChI is InChI=1S/C15H22N4O3S/c1-11(12-3-2-4-13(20)14(12)21)17-18-15(23)16-5-6-19-7-9-22-10-8-19/h2-4,20-21H,5-10H2,1H3,(H2,16,18,23). The molecule has 1 aromatic carbocycles. The molecule has 0 aliphatic carbocycles. The molecule has 1 fully saturated rings. The van der Waals surface area contributed by atoms with Crippen LogP contribution in [0, 0.1) is 0 Å². The smallest absolute Gasteiger partial charge is 0.187 e. The second-order valence-electron chi connectivity index (χ2n) is 5.19. The summed E-state index contributed by atoms with van der Waals surface area (Å²) >= 11 is 5.16. The number of thiocarbonyl (C=S) groups is 1. The third kappa shape index (κ3) is 5.34. The maximum atomic E-state index is 9.80. The maximum absolute atomic E-state index is 9.80. The number of phenols is 2. The number of morpholine rings is 1. The topological polar surface area (TPSA) is 89.4 Å². The van der Waals surface area contributed by atoms with Crippen LogP contribution in [0.15, 0.2) is 23.3 Å². The van der Waals surface area contributed by atoms with Crippen LogP contribution in [0.5, 0.6) is 11.5 Å². The van der Waals surface area contributed by atoms with E-state index in [4.69, 9.17) is 17.0 Å². The summed E-state index contributed by atoms with van der Waals surface area (Å²) in [4.78, 5) is 2.30. The largest absolute Gasteiger partial charge is 0.504 e. The minimum absolute atomic E-state index is 0.178. The minimum Gasteiger partial charge on any atom is -0.504 e. The highest BCUT2D eigenvalue weighted by Crippen LogP contribution is 2.28. The van der Waals surface area contributed by atoms with Crippen molar-refractivity contribution >= 4 is 23.0 Å². The van der Waals surface area contributed by atoms with Crippen LogP contribution in [0.1, 0.15) is 12.5 Å². The van der Waals surface area contributed by atoms with Crippen LogP contribution >= 0.6 is 12.2 Å². The van der Waals surface area contributed by atoms with E-state index in [1.165, 1.54) is 6.07 Å². The average molecular weight is 338 g/mol. The summed E-state index contributed by atoms with van der Waals surface area (Å²) in [5.74, 6) is -0.370. The molecule has 0 radical (unpaired) electrons. The minimum atomic E-state index is -0.193. The van der Waals surface area contributed by atoms with Crippen LogP contribution in [0.3, 0.4) is 0 Å². The number of ether oxygens (including phenoxy) is 1. The van der Waals surface area contributed by atoms with Gasteiger partial charge in [0.05, 0.1) is 18.9 Å². The predicted octanol–water partition coefficient (Wildman–Crippen LogP) is 0.618. The van der Waals surface area contributed by atoms with Gasteiger partial charge in [-0.3, -0.25) is 10.3 Å². The van der Waals surface area contributed by atoms with Crippen molar-refractivity contribution in [1.82, 2.24) is 15.6 Å². The molecule has 126 valence electrons. The number of hydrazone groups is 1. The zero-order chi connectivity index (χ0) is 16.7. The Hall–Kier alpha value is -1.90. The Labute approximate surface area is 140 Å². The lowest BCUT2D eigenvalue weighted by Gasteiger charge is -2.26. The molecule has 23 heavy (non-hydrogen) atoms. The fraction of sp³-hybridized carbons (Fsp3) is 0.467. The van der Waals surface area contributed by atoms with Crippen LogP contribution in [0.4, 0.5) is 0 Å². The maximum Gasteiger partial charge on any atom is 0.187 e. The van der Waals surface area contributed by atoms with Gasteiger partial charge in [0.2, 0.25) is 0 Å². The zero-order valence-electron chi connectivity index (χ0n) is 13.1. The molecule has 0 atom stereocenters. The number of hydrogen-bond donors (Lipinski definition) is 4. The van der Waals surface area contributed by atoms with E-state index < -0.39 is 0 Å². The van der Waals surface area contributed by atoms with Crippen LogP contribution in [0.2, 0.25) is 0 Å². The van der Waals surface area contributed by atoms with Crippen molar-refractivity contribution in [2.24, 2.45) is 5.10 Å². The molecule has 0 spiro atoms. The lowest BCUT2D eigenvalue weighted by atomic mass is 10.1. The summed E-state index contributed by atoms with van der Waals surface area (Å²) in [7, 11) is 0. The molecule has 0 saturated carbocycles. The molecule has 1 aliphatic heterocycles. The molecule has 1 aromatic rings. The van der Waals surface area contributed by atoms with Crippen LogP contribution < -0.4 is 10.7 Å². The summed E-state index contributed by atoms with van der Waals surface area (Å²) in [5, 5.41) is 26.9. The predicted molar refractivity (Wildman–Crippen MR) is 93.0 cm³/mol. The number of nitrogens with zero attached hydrogens (tertiary/aromatic N) is 2. The van der Waals surface area contributed by atoms with Gasteiger partial charge in [0, 0.05) is 31.7 Å². The van der Waals surface area contributed by atoms with E-state index in [1.54, 1.807) is 19.1 Å². The van der Waals surface area contributed by atoms with Crippen LogP contribution in [0.25, 0.3) is 0 Å². The molecule has 0 bridgehead atoms. The van der Waals surface area contributed by atoms with Gasteiger partial charge in [-0.15, -0.1) is 0 Å². The molecular formula is C15H22N4O3S. The molecule has 1 saturated heterocycles. The Morgan fingerprint density at radius 3 is 2.83 bits per heavy atom. The van der Waals surface area contributed by atoms with Crippen molar-refractivity contribution < 1.29 is 14.9 Å². The lowest BCUT2D eigenvalue weighted by Crippen LogP contribution is -2.42. The first-order chi connectivity index (χ1) is 11.1. The van der Waals surface area contributed by atoms with Gasteiger partial charge in [-0.2, -0.15) is 5.10 Å². The zero-order valence-corrected chi connectivity index (χ0v) is 13.9. The normalized spacial score (nSPS) is 16.1. The number of aromatic hydroxyl groups is 2. The lowest BCUT2D eigenvalue weighted by molar-refractivity contribution is 0.0389. The molecule has 1 heterocycles.